The molecule has 0 fully saturated rings. The lowest BCUT2D eigenvalue weighted by molar-refractivity contribution is -0.385. The normalized spacial score (nSPS) is 10.3. The second kappa shape index (κ2) is 5.95. The van der Waals surface area contributed by atoms with Crippen LogP contribution in [0, 0.1) is 10.1 Å². The summed E-state index contributed by atoms with van der Waals surface area (Å²) in [6.45, 7) is 4.92. The maximum atomic E-state index is 11.2. The second-order valence-electron chi connectivity index (χ2n) is 3.80. The maximum absolute atomic E-state index is 11.2. The zero-order valence-corrected chi connectivity index (χ0v) is 11.1. The molecule has 0 saturated heterocycles. The Labute approximate surface area is 114 Å². The van der Waals surface area contributed by atoms with Gasteiger partial charge in [0.25, 0.3) is 0 Å². The molecule has 0 radical (unpaired) electrons. The number of nitro groups is 1. The highest BCUT2D eigenvalue weighted by Gasteiger charge is 2.24. The molecule has 0 saturated carbocycles. The van der Waals surface area contributed by atoms with E-state index in [1.165, 1.54) is 12.5 Å². The van der Waals surface area contributed by atoms with Crippen LogP contribution in [0.4, 0.5) is 11.5 Å². The highest BCUT2D eigenvalue weighted by molar-refractivity contribution is 5.61. The summed E-state index contributed by atoms with van der Waals surface area (Å²) in [4.78, 5) is 18.3. The molecule has 106 valence electrons. The van der Waals surface area contributed by atoms with E-state index in [4.69, 9.17) is 4.74 Å². The predicted octanol–water partition coefficient (Wildman–Crippen LogP) is 1.83. The number of nitrogens with zero attached hydrogens (tertiary/aromatic N) is 5. The zero-order chi connectivity index (χ0) is 14.5. The van der Waals surface area contributed by atoms with Crippen molar-refractivity contribution in [3.63, 3.8) is 0 Å². The first-order valence-electron chi connectivity index (χ1n) is 6.09. The highest BCUT2D eigenvalue weighted by Crippen LogP contribution is 2.33. The third-order valence-corrected chi connectivity index (χ3v) is 2.46. The van der Waals surface area contributed by atoms with E-state index in [1.807, 2.05) is 13.8 Å². The van der Waals surface area contributed by atoms with E-state index in [0.29, 0.717) is 18.8 Å². The van der Waals surface area contributed by atoms with Gasteiger partial charge in [0.2, 0.25) is 5.82 Å². The number of nitrogens with one attached hydrogen (secondary N) is 1. The Hall–Kier alpha value is -2.71. The molecule has 1 N–H and O–H groups in total. The first-order valence-corrected chi connectivity index (χ1v) is 6.09. The fourth-order valence-corrected chi connectivity index (χ4v) is 1.58. The number of hydrogen-bond donors (Lipinski definition) is 1. The monoisotopic (exact) mass is 278 g/mol. The van der Waals surface area contributed by atoms with Crippen molar-refractivity contribution in [2.24, 2.45) is 0 Å². The zero-order valence-electron chi connectivity index (χ0n) is 11.1. The van der Waals surface area contributed by atoms with E-state index >= 15 is 0 Å². The Morgan fingerprint density at radius 3 is 2.85 bits per heavy atom. The van der Waals surface area contributed by atoms with E-state index in [-0.39, 0.29) is 17.4 Å². The summed E-state index contributed by atoms with van der Waals surface area (Å²) in [5, 5.41) is 18.0. The molecule has 0 aromatic carbocycles. The lowest BCUT2D eigenvalue weighted by atomic mass is 10.4. The number of anilines is 1. The summed E-state index contributed by atoms with van der Waals surface area (Å²) < 4.78 is 7.07. The van der Waals surface area contributed by atoms with Gasteiger partial charge in [0, 0.05) is 13.1 Å². The van der Waals surface area contributed by atoms with Crippen LogP contribution in [0.15, 0.2) is 18.7 Å². The van der Waals surface area contributed by atoms with Crippen molar-refractivity contribution in [3.8, 4) is 11.6 Å². The van der Waals surface area contributed by atoms with Crippen LogP contribution in [-0.4, -0.2) is 31.2 Å². The fourth-order valence-electron chi connectivity index (χ4n) is 1.58. The number of hydrogen-bond acceptors (Lipinski definition) is 7. The Bertz CT molecular complexity index is 612. The van der Waals surface area contributed by atoms with Crippen LogP contribution in [0.25, 0.3) is 0 Å². The molecule has 20 heavy (non-hydrogen) atoms. The lowest BCUT2D eigenvalue weighted by Crippen LogP contribution is -2.06. The van der Waals surface area contributed by atoms with Gasteiger partial charge >= 0.3 is 11.6 Å². The minimum absolute atomic E-state index is 0.114. The Balaban J connectivity index is 2.35. The van der Waals surface area contributed by atoms with Crippen molar-refractivity contribution < 1.29 is 9.66 Å². The van der Waals surface area contributed by atoms with Gasteiger partial charge < -0.3 is 10.1 Å². The van der Waals surface area contributed by atoms with Crippen molar-refractivity contribution in [3.05, 3.63) is 28.8 Å². The van der Waals surface area contributed by atoms with Crippen LogP contribution >= 0.6 is 0 Å². The van der Waals surface area contributed by atoms with Gasteiger partial charge in [0.1, 0.15) is 6.33 Å². The Morgan fingerprint density at radius 1 is 1.45 bits per heavy atom. The minimum Gasteiger partial charge on any atom is -0.430 e. The van der Waals surface area contributed by atoms with Crippen molar-refractivity contribution in [2.45, 2.75) is 20.4 Å². The van der Waals surface area contributed by atoms with Crippen LogP contribution in [0.3, 0.4) is 0 Å². The topological polar surface area (TPSA) is 108 Å². The van der Waals surface area contributed by atoms with Crippen molar-refractivity contribution in [1.29, 1.82) is 0 Å². The minimum atomic E-state index is -0.572. The van der Waals surface area contributed by atoms with Crippen LogP contribution in [0.5, 0.6) is 11.6 Å². The van der Waals surface area contributed by atoms with Gasteiger partial charge in [-0.1, -0.05) is 0 Å². The van der Waals surface area contributed by atoms with E-state index in [0.717, 1.165) is 0 Å². The van der Waals surface area contributed by atoms with Gasteiger partial charge in [-0.15, -0.1) is 0 Å². The third-order valence-electron chi connectivity index (χ3n) is 2.46. The van der Waals surface area contributed by atoms with Crippen LogP contribution in [0.2, 0.25) is 0 Å². The van der Waals surface area contributed by atoms with E-state index < -0.39 is 4.92 Å². The molecule has 0 unspecified atom stereocenters. The maximum Gasteiger partial charge on any atom is 0.373 e. The summed E-state index contributed by atoms with van der Waals surface area (Å²) in [5.74, 6) is 0.401. The molecular weight excluding hydrogens is 264 g/mol. The molecule has 9 nitrogen and oxygen atoms in total. The number of aromatic nitrogens is 4. The summed E-state index contributed by atoms with van der Waals surface area (Å²) in [5.41, 5.74) is -0.293. The smallest absolute Gasteiger partial charge is 0.373 e. The molecule has 0 amide bonds. The van der Waals surface area contributed by atoms with E-state index in [1.54, 1.807) is 10.9 Å². The van der Waals surface area contributed by atoms with Crippen LogP contribution in [-0.2, 0) is 6.54 Å². The van der Waals surface area contributed by atoms with Crippen molar-refractivity contribution in [1.82, 2.24) is 19.7 Å². The van der Waals surface area contributed by atoms with Crippen molar-refractivity contribution in [2.75, 3.05) is 11.9 Å². The summed E-state index contributed by atoms with van der Waals surface area (Å²) in [6.07, 6.45) is 4.32. The Morgan fingerprint density at radius 2 is 2.25 bits per heavy atom. The summed E-state index contributed by atoms with van der Waals surface area (Å²) in [7, 11) is 0. The van der Waals surface area contributed by atoms with Crippen LogP contribution in [0.1, 0.15) is 13.8 Å². The molecule has 0 bridgehead atoms. The molecule has 2 aromatic heterocycles. The SMILES string of the molecule is CCNc1ncnc(Oc2cnn(CC)c2)c1[N+](=O)[O-]. The Kier molecular flexibility index (Phi) is 4.08. The quantitative estimate of drug-likeness (QED) is 0.634. The van der Waals surface area contributed by atoms with Gasteiger partial charge in [-0.05, 0) is 13.8 Å². The average molecular weight is 278 g/mol. The molecule has 2 aromatic rings. The molecule has 2 rings (SSSR count). The lowest BCUT2D eigenvalue weighted by Gasteiger charge is -2.06. The van der Waals surface area contributed by atoms with Gasteiger partial charge in [-0.2, -0.15) is 10.1 Å². The van der Waals surface area contributed by atoms with Gasteiger partial charge in [0.05, 0.1) is 17.3 Å². The molecule has 0 aliphatic rings. The molecule has 0 aliphatic carbocycles. The predicted molar refractivity (Wildman–Crippen MR) is 70.8 cm³/mol. The molecule has 0 atom stereocenters. The first-order chi connectivity index (χ1) is 9.65. The van der Waals surface area contributed by atoms with Gasteiger partial charge in [-0.3, -0.25) is 14.8 Å². The number of aryl methyl sites for hydroxylation is 1. The largest absolute Gasteiger partial charge is 0.430 e. The van der Waals surface area contributed by atoms with E-state index in [9.17, 15) is 10.1 Å². The number of ether oxygens (including phenoxy) is 1. The molecule has 0 spiro atoms. The van der Waals surface area contributed by atoms with Crippen molar-refractivity contribution >= 4 is 11.5 Å². The number of rotatable bonds is 6. The van der Waals surface area contributed by atoms with Gasteiger partial charge in [-0.25, -0.2) is 4.98 Å². The molecule has 0 aliphatic heterocycles. The van der Waals surface area contributed by atoms with Crippen LogP contribution < -0.4 is 10.1 Å². The summed E-state index contributed by atoms with van der Waals surface area (Å²) >= 11 is 0. The van der Waals surface area contributed by atoms with E-state index in [2.05, 4.69) is 20.4 Å². The fraction of sp³-hybridized carbons (Fsp3) is 0.364. The first kappa shape index (κ1) is 13.7. The van der Waals surface area contributed by atoms with Gasteiger partial charge in [0.15, 0.2) is 5.75 Å². The standard InChI is InChI=1S/C11H14N6O3/c1-3-12-10-9(17(18)19)11(14-7-13-10)20-8-5-15-16(4-2)6-8/h5-7H,3-4H2,1-2H3,(H,12,13,14). The average Bonchev–Trinajstić information content (AvgIpc) is 2.86. The highest BCUT2D eigenvalue weighted by atomic mass is 16.6. The third kappa shape index (κ3) is 2.82. The molecular formula is C11H14N6O3. The molecule has 2 heterocycles. The second-order valence-corrected chi connectivity index (χ2v) is 3.80. The molecule has 9 heteroatoms. The summed E-state index contributed by atoms with van der Waals surface area (Å²) in [6, 6.07) is 0.